The van der Waals surface area contributed by atoms with Gasteiger partial charge in [0.1, 0.15) is 0 Å². The zero-order chi connectivity index (χ0) is 6.69. The Bertz CT molecular complexity index is 70.6. The molecule has 0 N–H and O–H groups in total. The Morgan fingerprint density at radius 2 is 1.56 bits per heavy atom. The van der Waals surface area contributed by atoms with Crippen LogP contribution in [0.5, 0.6) is 0 Å². The van der Waals surface area contributed by atoms with Crippen molar-refractivity contribution in [3.8, 4) is 0 Å². The third-order valence-corrected chi connectivity index (χ3v) is 2.11. The maximum absolute atomic E-state index is 5.66. The summed E-state index contributed by atoms with van der Waals surface area (Å²) >= 11 is 0. The van der Waals surface area contributed by atoms with Gasteiger partial charge in [-0.2, -0.15) is 0 Å². The molecule has 0 radical (unpaired) electrons. The molecular formula is C8H16O. The minimum Gasteiger partial charge on any atom is -0.375 e. The van der Waals surface area contributed by atoms with Gasteiger partial charge in [0.15, 0.2) is 0 Å². The van der Waals surface area contributed by atoms with Crippen molar-refractivity contribution in [1.29, 1.82) is 0 Å². The summed E-state index contributed by atoms with van der Waals surface area (Å²) in [5.74, 6) is 0. The SMILES string of the molecule is CC[C@@H]1CC[C@H](CC)O1. The van der Waals surface area contributed by atoms with Gasteiger partial charge in [-0.1, -0.05) is 13.8 Å². The predicted molar refractivity (Wildman–Crippen MR) is 38.5 cm³/mol. The molecule has 0 amide bonds. The number of ether oxygens (including phenoxy) is 1. The van der Waals surface area contributed by atoms with Crippen molar-refractivity contribution < 1.29 is 4.74 Å². The molecular weight excluding hydrogens is 112 g/mol. The van der Waals surface area contributed by atoms with Crippen LogP contribution in [0.2, 0.25) is 0 Å². The van der Waals surface area contributed by atoms with Gasteiger partial charge in [0.25, 0.3) is 0 Å². The summed E-state index contributed by atoms with van der Waals surface area (Å²) < 4.78 is 5.66. The minimum atomic E-state index is 0.579. The molecule has 0 aromatic carbocycles. The average Bonchev–Trinajstić information content (AvgIpc) is 2.34. The molecule has 0 aromatic rings. The topological polar surface area (TPSA) is 9.23 Å². The van der Waals surface area contributed by atoms with Crippen LogP contribution in [-0.2, 0) is 4.74 Å². The smallest absolute Gasteiger partial charge is 0.0577 e. The Morgan fingerprint density at radius 1 is 1.11 bits per heavy atom. The van der Waals surface area contributed by atoms with E-state index < -0.39 is 0 Å². The third kappa shape index (κ3) is 1.68. The fourth-order valence-electron chi connectivity index (χ4n) is 1.38. The van der Waals surface area contributed by atoms with E-state index in [2.05, 4.69) is 13.8 Å². The molecule has 54 valence electrons. The maximum atomic E-state index is 5.66. The van der Waals surface area contributed by atoms with Gasteiger partial charge in [-0.15, -0.1) is 0 Å². The van der Waals surface area contributed by atoms with Crippen LogP contribution in [0.1, 0.15) is 39.5 Å². The molecule has 2 atom stereocenters. The normalized spacial score (nSPS) is 35.3. The molecule has 0 saturated carbocycles. The summed E-state index contributed by atoms with van der Waals surface area (Å²) in [5, 5.41) is 0. The molecule has 1 aliphatic rings. The second kappa shape index (κ2) is 3.21. The van der Waals surface area contributed by atoms with E-state index in [1.54, 1.807) is 0 Å². The number of rotatable bonds is 2. The standard InChI is InChI=1S/C8H16O/c1-3-7-5-6-8(4-2)9-7/h7-8H,3-6H2,1-2H3/t7-,8+. The van der Waals surface area contributed by atoms with Gasteiger partial charge in [-0.3, -0.25) is 0 Å². The minimum absolute atomic E-state index is 0.579. The van der Waals surface area contributed by atoms with Crippen LogP contribution in [0, 0.1) is 0 Å². The van der Waals surface area contributed by atoms with E-state index in [0.717, 1.165) is 0 Å². The molecule has 0 bridgehead atoms. The highest BCUT2D eigenvalue weighted by Crippen LogP contribution is 2.23. The summed E-state index contributed by atoms with van der Waals surface area (Å²) in [5.41, 5.74) is 0. The molecule has 1 heteroatoms. The molecule has 1 aliphatic heterocycles. The van der Waals surface area contributed by atoms with Crippen molar-refractivity contribution in [2.45, 2.75) is 51.7 Å². The van der Waals surface area contributed by atoms with Crippen molar-refractivity contribution in [2.75, 3.05) is 0 Å². The fraction of sp³-hybridized carbons (Fsp3) is 1.00. The van der Waals surface area contributed by atoms with Gasteiger partial charge in [0.05, 0.1) is 12.2 Å². The highest BCUT2D eigenvalue weighted by Gasteiger charge is 2.21. The Labute approximate surface area is 57.4 Å². The zero-order valence-electron chi connectivity index (χ0n) is 6.39. The zero-order valence-corrected chi connectivity index (χ0v) is 6.39. The lowest BCUT2D eigenvalue weighted by atomic mass is 10.1. The maximum Gasteiger partial charge on any atom is 0.0577 e. The van der Waals surface area contributed by atoms with Crippen LogP contribution in [0.25, 0.3) is 0 Å². The van der Waals surface area contributed by atoms with Crippen LogP contribution in [0.4, 0.5) is 0 Å². The molecule has 1 saturated heterocycles. The van der Waals surface area contributed by atoms with Crippen molar-refractivity contribution in [3.05, 3.63) is 0 Å². The van der Waals surface area contributed by atoms with Crippen molar-refractivity contribution >= 4 is 0 Å². The van der Waals surface area contributed by atoms with E-state index in [1.807, 2.05) is 0 Å². The van der Waals surface area contributed by atoms with Crippen LogP contribution in [-0.4, -0.2) is 12.2 Å². The third-order valence-electron chi connectivity index (χ3n) is 2.11. The first-order valence-corrected chi connectivity index (χ1v) is 4.02. The van der Waals surface area contributed by atoms with Gasteiger partial charge in [0, 0.05) is 0 Å². The van der Waals surface area contributed by atoms with Crippen molar-refractivity contribution in [1.82, 2.24) is 0 Å². The monoisotopic (exact) mass is 128 g/mol. The van der Waals surface area contributed by atoms with E-state index in [4.69, 9.17) is 4.74 Å². The predicted octanol–water partition coefficient (Wildman–Crippen LogP) is 2.35. The number of hydrogen-bond donors (Lipinski definition) is 0. The van der Waals surface area contributed by atoms with Gasteiger partial charge in [-0.25, -0.2) is 0 Å². The van der Waals surface area contributed by atoms with Gasteiger partial charge in [0.2, 0.25) is 0 Å². The van der Waals surface area contributed by atoms with Crippen molar-refractivity contribution in [3.63, 3.8) is 0 Å². The number of hydrogen-bond acceptors (Lipinski definition) is 1. The molecule has 9 heavy (non-hydrogen) atoms. The summed E-state index contributed by atoms with van der Waals surface area (Å²) in [6.45, 7) is 4.39. The first-order chi connectivity index (χ1) is 4.36. The largest absolute Gasteiger partial charge is 0.375 e. The summed E-state index contributed by atoms with van der Waals surface area (Å²) in [6, 6.07) is 0. The Morgan fingerprint density at radius 3 is 1.78 bits per heavy atom. The van der Waals surface area contributed by atoms with Gasteiger partial charge < -0.3 is 4.74 Å². The lowest BCUT2D eigenvalue weighted by Crippen LogP contribution is -2.08. The molecule has 1 heterocycles. The van der Waals surface area contributed by atoms with E-state index in [-0.39, 0.29) is 0 Å². The van der Waals surface area contributed by atoms with Crippen LogP contribution in [0.3, 0.4) is 0 Å². The molecule has 0 spiro atoms. The summed E-state index contributed by atoms with van der Waals surface area (Å²) in [4.78, 5) is 0. The molecule has 0 unspecified atom stereocenters. The fourth-order valence-corrected chi connectivity index (χ4v) is 1.38. The molecule has 1 nitrogen and oxygen atoms in total. The van der Waals surface area contributed by atoms with Crippen LogP contribution >= 0.6 is 0 Å². The van der Waals surface area contributed by atoms with Crippen molar-refractivity contribution in [2.24, 2.45) is 0 Å². The Kier molecular flexibility index (Phi) is 2.52. The average molecular weight is 128 g/mol. The molecule has 0 aromatic heterocycles. The van der Waals surface area contributed by atoms with Crippen LogP contribution in [0.15, 0.2) is 0 Å². The quantitative estimate of drug-likeness (QED) is 0.554. The molecule has 1 fully saturated rings. The summed E-state index contributed by atoms with van der Waals surface area (Å²) in [6.07, 6.45) is 6.11. The lowest BCUT2D eigenvalue weighted by Gasteiger charge is -2.08. The van der Waals surface area contributed by atoms with E-state index in [0.29, 0.717) is 12.2 Å². The Balaban J connectivity index is 2.20. The van der Waals surface area contributed by atoms with Gasteiger partial charge >= 0.3 is 0 Å². The van der Waals surface area contributed by atoms with Crippen LogP contribution < -0.4 is 0 Å². The second-order valence-corrected chi connectivity index (χ2v) is 2.77. The molecule has 1 rings (SSSR count). The first-order valence-electron chi connectivity index (χ1n) is 4.02. The highest BCUT2D eigenvalue weighted by atomic mass is 16.5. The van der Waals surface area contributed by atoms with Gasteiger partial charge in [-0.05, 0) is 25.7 Å². The Hall–Kier alpha value is -0.0400. The second-order valence-electron chi connectivity index (χ2n) is 2.77. The van der Waals surface area contributed by atoms with E-state index in [9.17, 15) is 0 Å². The highest BCUT2D eigenvalue weighted by molar-refractivity contribution is 4.70. The summed E-state index contributed by atoms with van der Waals surface area (Å²) in [7, 11) is 0. The van der Waals surface area contributed by atoms with E-state index in [1.165, 1.54) is 25.7 Å². The van der Waals surface area contributed by atoms with E-state index >= 15 is 0 Å². The lowest BCUT2D eigenvalue weighted by molar-refractivity contribution is 0.0416. The molecule has 0 aliphatic carbocycles. The first kappa shape index (κ1) is 7.07.